The van der Waals surface area contributed by atoms with Crippen LogP contribution in [-0.2, 0) is 0 Å². The topological polar surface area (TPSA) is 95.5 Å². The fourth-order valence-electron chi connectivity index (χ4n) is 1.29. The van der Waals surface area contributed by atoms with Gasteiger partial charge in [-0.3, -0.25) is 14.9 Å². The Labute approximate surface area is 91.2 Å². The van der Waals surface area contributed by atoms with E-state index in [1.807, 2.05) is 0 Å². The molecule has 0 unspecified atom stereocenters. The van der Waals surface area contributed by atoms with Gasteiger partial charge in [-0.25, -0.2) is 0 Å². The van der Waals surface area contributed by atoms with Crippen molar-refractivity contribution in [3.8, 4) is 5.75 Å². The molecule has 1 aliphatic rings. The minimum atomic E-state index is -0.723. The van der Waals surface area contributed by atoms with Crippen LogP contribution in [0.2, 0.25) is 0 Å². The first-order valence-corrected chi connectivity index (χ1v) is 4.83. The van der Waals surface area contributed by atoms with Crippen molar-refractivity contribution in [1.29, 1.82) is 0 Å². The summed E-state index contributed by atoms with van der Waals surface area (Å²) in [6, 6.07) is 3.85. The molecule has 2 N–H and O–H groups in total. The fourth-order valence-corrected chi connectivity index (χ4v) is 1.29. The van der Waals surface area contributed by atoms with Gasteiger partial charge in [-0.05, 0) is 18.9 Å². The first-order chi connectivity index (χ1) is 7.58. The van der Waals surface area contributed by atoms with Gasteiger partial charge in [0.2, 0.25) is 0 Å². The summed E-state index contributed by atoms with van der Waals surface area (Å²) in [5, 5.41) is 10.5. The molecule has 2 rings (SSSR count). The Hall–Kier alpha value is -2.11. The number of primary amides is 1. The largest absolute Gasteiger partial charge is 0.490 e. The lowest BCUT2D eigenvalue weighted by Crippen LogP contribution is -2.14. The van der Waals surface area contributed by atoms with Crippen LogP contribution in [0.15, 0.2) is 18.2 Å². The quantitative estimate of drug-likeness (QED) is 0.612. The summed E-state index contributed by atoms with van der Waals surface area (Å²) in [5.74, 6) is -0.403. The second-order valence-electron chi connectivity index (χ2n) is 3.62. The number of amides is 1. The Morgan fingerprint density at radius 3 is 2.69 bits per heavy atom. The molecule has 0 bridgehead atoms. The summed E-state index contributed by atoms with van der Waals surface area (Å²) in [7, 11) is 0. The van der Waals surface area contributed by atoms with E-state index in [0.29, 0.717) is 5.75 Å². The van der Waals surface area contributed by atoms with E-state index in [1.165, 1.54) is 12.1 Å². The summed E-state index contributed by atoms with van der Waals surface area (Å²) in [5.41, 5.74) is 5.03. The van der Waals surface area contributed by atoms with E-state index in [9.17, 15) is 14.9 Å². The number of nitro benzene ring substituents is 1. The zero-order valence-corrected chi connectivity index (χ0v) is 8.38. The van der Waals surface area contributed by atoms with Crippen LogP contribution >= 0.6 is 0 Å². The number of carbonyl (C=O) groups is 1. The van der Waals surface area contributed by atoms with E-state index in [4.69, 9.17) is 10.5 Å². The second kappa shape index (κ2) is 3.80. The molecule has 1 fully saturated rings. The highest BCUT2D eigenvalue weighted by molar-refractivity contribution is 5.96. The minimum Gasteiger partial charge on any atom is -0.490 e. The Morgan fingerprint density at radius 1 is 1.50 bits per heavy atom. The van der Waals surface area contributed by atoms with Crippen molar-refractivity contribution in [2.24, 2.45) is 5.73 Å². The molecular formula is C10H10N2O4. The van der Waals surface area contributed by atoms with Gasteiger partial charge >= 0.3 is 0 Å². The van der Waals surface area contributed by atoms with Crippen LogP contribution in [0.1, 0.15) is 23.2 Å². The highest BCUT2D eigenvalue weighted by Crippen LogP contribution is 2.30. The SMILES string of the molecule is NC(=O)c1cc([N+](=O)[O-])ccc1OC1CC1. The van der Waals surface area contributed by atoms with Crippen molar-refractivity contribution in [1.82, 2.24) is 0 Å². The molecule has 0 spiro atoms. The molecule has 0 aromatic heterocycles. The molecule has 1 aliphatic carbocycles. The van der Waals surface area contributed by atoms with E-state index in [0.717, 1.165) is 18.9 Å². The number of nitrogens with zero attached hydrogens (tertiary/aromatic N) is 1. The van der Waals surface area contributed by atoms with Crippen molar-refractivity contribution in [3.63, 3.8) is 0 Å². The van der Waals surface area contributed by atoms with Crippen LogP contribution in [0.5, 0.6) is 5.75 Å². The van der Waals surface area contributed by atoms with Crippen molar-refractivity contribution >= 4 is 11.6 Å². The van der Waals surface area contributed by atoms with Gasteiger partial charge < -0.3 is 10.5 Å². The van der Waals surface area contributed by atoms with Gasteiger partial charge in [-0.2, -0.15) is 0 Å². The fraction of sp³-hybridized carbons (Fsp3) is 0.300. The van der Waals surface area contributed by atoms with E-state index >= 15 is 0 Å². The molecule has 6 heteroatoms. The van der Waals surface area contributed by atoms with Crippen LogP contribution in [0.3, 0.4) is 0 Å². The van der Waals surface area contributed by atoms with Gasteiger partial charge in [0, 0.05) is 12.1 Å². The number of hydrogen-bond donors (Lipinski definition) is 1. The van der Waals surface area contributed by atoms with Gasteiger partial charge in [-0.1, -0.05) is 0 Å². The van der Waals surface area contributed by atoms with E-state index in [-0.39, 0.29) is 17.4 Å². The third-order valence-corrected chi connectivity index (χ3v) is 2.26. The zero-order chi connectivity index (χ0) is 11.7. The average Bonchev–Trinajstić information content (AvgIpc) is 3.01. The number of ether oxygens (including phenoxy) is 1. The Balaban J connectivity index is 2.35. The van der Waals surface area contributed by atoms with Gasteiger partial charge in [0.15, 0.2) is 0 Å². The summed E-state index contributed by atoms with van der Waals surface area (Å²) in [6.07, 6.45) is 1.99. The summed E-state index contributed by atoms with van der Waals surface area (Å²) in [4.78, 5) is 21.1. The second-order valence-corrected chi connectivity index (χ2v) is 3.62. The zero-order valence-electron chi connectivity index (χ0n) is 8.38. The van der Waals surface area contributed by atoms with Crippen molar-refractivity contribution in [2.75, 3.05) is 0 Å². The number of hydrogen-bond acceptors (Lipinski definition) is 4. The Bertz CT molecular complexity index is 454. The van der Waals surface area contributed by atoms with Crippen LogP contribution in [-0.4, -0.2) is 16.9 Å². The number of nitrogens with two attached hydrogens (primary N) is 1. The third-order valence-electron chi connectivity index (χ3n) is 2.26. The molecule has 16 heavy (non-hydrogen) atoms. The molecule has 0 atom stereocenters. The molecule has 0 radical (unpaired) electrons. The molecule has 1 aromatic carbocycles. The van der Waals surface area contributed by atoms with Crippen molar-refractivity contribution in [2.45, 2.75) is 18.9 Å². The van der Waals surface area contributed by atoms with E-state index in [1.54, 1.807) is 0 Å². The Kier molecular flexibility index (Phi) is 2.47. The molecule has 84 valence electrons. The highest BCUT2D eigenvalue weighted by Gasteiger charge is 2.26. The summed E-state index contributed by atoms with van der Waals surface area (Å²) in [6.45, 7) is 0. The van der Waals surface area contributed by atoms with Crippen LogP contribution < -0.4 is 10.5 Å². The first-order valence-electron chi connectivity index (χ1n) is 4.83. The Morgan fingerprint density at radius 2 is 2.19 bits per heavy atom. The lowest BCUT2D eigenvalue weighted by molar-refractivity contribution is -0.384. The lowest BCUT2D eigenvalue weighted by atomic mass is 10.1. The standard InChI is InChI=1S/C10H10N2O4/c11-10(13)8-5-6(12(14)15)1-4-9(8)16-7-2-3-7/h1,4-5,7H,2-3H2,(H2,11,13). The maximum absolute atomic E-state index is 11.1. The average molecular weight is 222 g/mol. The molecule has 0 heterocycles. The predicted molar refractivity (Wildman–Crippen MR) is 55.3 cm³/mol. The summed E-state index contributed by atoms with van der Waals surface area (Å²) >= 11 is 0. The molecule has 1 saturated carbocycles. The normalized spacial score (nSPS) is 14.5. The van der Waals surface area contributed by atoms with Gasteiger partial charge in [-0.15, -0.1) is 0 Å². The first kappa shape index (κ1) is 10.4. The lowest BCUT2D eigenvalue weighted by Gasteiger charge is -2.07. The van der Waals surface area contributed by atoms with Crippen molar-refractivity contribution < 1.29 is 14.5 Å². The maximum atomic E-state index is 11.1. The number of nitro groups is 1. The number of non-ortho nitro benzene ring substituents is 1. The third kappa shape index (κ3) is 2.10. The smallest absolute Gasteiger partial charge is 0.270 e. The van der Waals surface area contributed by atoms with Gasteiger partial charge in [0.25, 0.3) is 11.6 Å². The molecule has 1 amide bonds. The monoisotopic (exact) mass is 222 g/mol. The van der Waals surface area contributed by atoms with Crippen LogP contribution in [0.25, 0.3) is 0 Å². The maximum Gasteiger partial charge on any atom is 0.270 e. The highest BCUT2D eigenvalue weighted by atomic mass is 16.6. The molecule has 1 aromatic rings. The van der Waals surface area contributed by atoms with Gasteiger partial charge in [0.05, 0.1) is 16.6 Å². The number of carbonyl (C=O) groups excluding carboxylic acids is 1. The minimum absolute atomic E-state index is 0.0566. The number of rotatable bonds is 4. The van der Waals surface area contributed by atoms with Crippen LogP contribution in [0.4, 0.5) is 5.69 Å². The summed E-state index contributed by atoms with van der Waals surface area (Å²) < 4.78 is 5.43. The molecule has 0 aliphatic heterocycles. The van der Waals surface area contributed by atoms with Crippen LogP contribution in [0, 0.1) is 10.1 Å². The van der Waals surface area contributed by atoms with E-state index < -0.39 is 10.8 Å². The van der Waals surface area contributed by atoms with Crippen molar-refractivity contribution in [3.05, 3.63) is 33.9 Å². The van der Waals surface area contributed by atoms with Gasteiger partial charge in [0.1, 0.15) is 5.75 Å². The number of benzene rings is 1. The molecular weight excluding hydrogens is 212 g/mol. The predicted octanol–water partition coefficient (Wildman–Crippen LogP) is 1.23. The molecule has 0 saturated heterocycles. The van der Waals surface area contributed by atoms with E-state index in [2.05, 4.69) is 0 Å². The molecule has 6 nitrogen and oxygen atoms in total.